The van der Waals surface area contributed by atoms with Gasteiger partial charge in [-0.25, -0.2) is 0 Å². The van der Waals surface area contributed by atoms with Crippen molar-refractivity contribution in [1.29, 1.82) is 0 Å². The van der Waals surface area contributed by atoms with E-state index in [1.165, 1.54) is 0 Å². The van der Waals surface area contributed by atoms with Gasteiger partial charge in [-0.05, 0) is 56.2 Å². The summed E-state index contributed by atoms with van der Waals surface area (Å²) in [6.45, 7) is 5.50. The van der Waals surface area contributed by atoms with Crippen LogP contribution in [0.2, 0.25) is 0 Å². The third-order valence-corrected chi connectivity index (χ3v) is 3.08. The number of rotatable bonds is 4. The SMILES string of the molecule is Cc1cccc(OC(C)C(=O)Nc2ccc(C)cc2O)c1. The van der Waals surface area contributed by atoms with Crippen LogP contribution in [0.1, 0.15) is 18.1 Å². The Bertz CT molecular complexity index is 652. The molecule has 2 rings (SSSR count). The summed E-state index contributed by atoms with van der Waals surface area (Å²) in [5.74, 6) is 0.382. The van der Waals surface area contributed by atoms with Crippen LogP contribution in [0.3, 0.4) is 0 Å². The predicted molar refractivity (Wildman–Crippen MR) is 82.7 cm³/mol. The number of phenolic OH excluding ortho intramolecular Hbond substituents is 1. The molecule has 0 heterocycles. The van der Waals surface area contributed by atoms with E-state index in [9.17, 15) is 9.90 Å². The Morgan fingerprint density at radius 3 is 2.52 bits per heavy atom. The molecule has 2 N–H and O–H groups in total. The van der Waals surface area contributed by atoms with Gasteiger partial charge >= 0.3 is 0 Å². The highest BCUT2D eigenvalue weighted by Crippen LogP contribution is 2.24. The summed E-state index contributed by atoms with van der Waals surface area (Å²) in [6.07, 6.45) is -0.660. The van der Waals surface area contributed by atoms with Gasteiger partial charge in [0, 0.05) is 0 Å². The Kier molecular flexibility index (Phi) is 4.48. The van der Waals surface area contributed by atoms with Crippen LogP contribution in [0, 0.1) is 13.8 Å². The van der Waals surface area contributed by atoms with Crippen LogP contribution in [-0.2, 0) is 4.79 Å². The number of carbonyl (C=O) groups excluding carboxylic acids is 1. The average molecular weight is 285 g/mol. The molecule has 2 aromatic rings. The maximum Gasteiger partial charge on any atom is 0.265 e. The highest BCUT2D eigenvalue weighted by Gasteiger charge is 2.16. The van der Waals surface area contributed by atoms with Crippen molar-refractivity contribution in [2.45, 2.75) is 26.9 Å². The summed E-state index contributed by atoms with van der Waals surface area (Å²) in [5, 5.41) is 12.5. The van der Waals surface area contributed by atoms with Gasteiger partial charge in [0.2, 0.25) is 0 Å². The number of phenols is 1. The van der Waals surface area contributed by atoms with Gasteiger partial charge in [-0.2, -0.15) is 0 Å². The number of benzene rings is 2. The number of aromatic hydroxyl groups is 1. The molecule has 110 valence electrons. The summed E-state index contributed by atoms with van der Waals surface area (Å²) < 4.78 is 5.60. The molecule has 4 heteroatoms. The van der Waals surface area contributed by atoms with Gasteiger partial charge in [0.25, 0.3) is 5.91 Å². The van der Waals surface area contributed by atoms with Gasteiger partial charge in [0.05, 0.1) is 5.69 Å². The summed E-state index contributed by atoms with van der Waals surface area (Å²) in [4.78, 5) is 12.1. The zero-order valence-corrected chi connectivity index (χ0v) is 12.4. The van der Waals surface area contributed by atoms with Crippen LogP contribution in [0.25, 0.3) is 0 Å². The third-order valence-electron chi connectivity index (χ3n) is 3.08. The van der Waals surface area contributed by atoms with E-state index in [4.69, 9.17) is 4.74 Å². The number of hydrogen-bond donors (Lipinski definition) is 2. The lowest BCUT2D eigenvalue weighted by molar-refractivity contribution is -0.122. The highest BCUT2D eigenvalue weighted by molar-refractivity contribution is 5.95. The van der Waals surface area contributed by atoms with Gasteiger partial charge in [0.15, 0.2) is 6.10 Å². The zero-order chi connectivity index (χ0) is 15.4. The Morgan fingerprint density at radius 2 is 1.86 bits per heavy atom. The van der Waals surface area contributed by atoms with Crippen molar-refractivity contribution in [3.8, 4) is 11.5 Å². The van der Waals surface area contributed by atoms with E-state index >= 15 is 0 Å². The number of nitrogens with one attached hydrogen (secondary N) is 1. The van der Waals surface area contributed by atoms with Crippen LogP contribution in [0.15, 0.2) is 42.5 Å². The van der Waals surface area contributed by atoms with Crippen LogP contribution in [-0.4, -0.2) is 17.1 Å². The monoisotopic (exact) mass is 285 g/mol. The molecule has 0 aromatic heterocycles. The van der Waals surface area contributed by atoms with E-state index < -0.39 is 6.10 Å². The first-order valence-corrected chi connectivity index (χ1v) is 6.79. The quantitative estimate of drug-likeness (QED) is 0.846. The standard InChI is InChI=1S/C17H19NO3/c1-11-5-4-6-14(9-11)21-13(3)17(20)18-15-8-7-12(2)10-16(15)19/h4-10,13,19H,1-3H3,(H,18,20). The van der Waals surface area contributed by atoms with Crippen LogP contribution >= 0.6 is 0 Å². The summed E-state index contributed by atoms with van der Waals surface area (Å²) in [5.41, 5.74) is 2.37. The van der Waals surface area contributed by atoms with Gasteiger partial charge < -0.3 is 15.2 Å². The number of ether oxygens (including phenoxy) is 1. The molecule has 21 heavy (non-hydrogen) atoms. The fraction of sp³-hybridized carbons (Fsp3) is 0.235. The molecular weight excluding hydrogens is 266 g/mol. The Hall–Kier alpha value is -2.49. The second kappa shape index (κ2) is 6.31. The number of aryl methyl sites for hydroxylation is 2. The molecule has 2 aromatic carbocycles. The van der Waals surface area contributed by atoms with Crippen molar-refractivity contribution in [3.63, 3.8) is 0 Å². The number of carbonyl (C=O) groups is 1. The van der Waals surface area contributed by atoms with E-state index in [-0.39, 0.29) is 11.7 Å². The third kappa shape index (κ3) is 3.99. The topological polar surface area (TPSA) is 58.6 Å². The first kappa shape index (κ1) is 14.9. The fourth-order valence-electron chi connectivity index (χ4n) is 1.93. The molecule has 1 amide bonds. The molecule has 0 aliphatic carbocycles. The van der Waals surface area contributed by atoms with Crippen molar-refractivity contribution in [2.24, 2.45) is 0 Å². The molecule has 0 aliphatic rings. The molecule has 0 aliphatic heterocycles. The minimum Gasteiger partial charge on any atom is -0.506 e. The van der Waals surface area contributed by atoms with Crippen LogP contribution < -0.4 is 10.1 Å². The molecule has 0 bridgehead atoms. The van der Waals surface area contributed by atoms with Crippen LogP contribution in [0.4, 0.5) is 5.69 Å². The molecule has 1 unspecified atom stereocenters. The Labute approximate surface area is 124 Å². The minimum absolute atomic E-state index is 0.0473. The Morgan fingerprint density at radius 1 is 1.14 bits per heavy atom. The number of anilines is 1. The van der Waals surface area contributed by atoms with Crippen molar-refractivity contribution in [1.82, 2.24) is 0 Å². The van der Waals surface area contributed by atoms with E-state index in [1.54, 1.807) is 25.1 Å². The van der Waals surface area contributed by atoms with Gasteiger partial charge in [-0.3, -0.25) is 4.79 Å². The average Bonchev–Trinajstić information content (AvgIpc) is 2.41. The first-order valence-electron chi connectivity index (χ1n) is 6.79. The summed E-state index contributed by atoms with van der Waals surface area (Å²) in [6, 6.07) is 12.6. The lowest BCUT2D eigenvalue weighted by Gasteiger charge is -2.15. The molecule has 0 spiro atoms. The van der Waals surface area contributed by atoms with Gasteiger partial charge in [0.1, 0.15) is 11.5 Å². The minimum atomic E-state index is -0.660. The van der Waals surface area contributed by atoms with Crippen molar-refractivity contribution < 1.29 is 14.6 Å². The molecule has 1 atom stereocenters. The molecule has 0 saturated heterocycles. The largest absolute Gasteiger partial charge is 0.506 e. The van der Waals surface area contributed by atoms with Crippen molar-refractivity contribution in [2.75, 3.05) is 5.32 Å². The number of amides is 1. The maximum atomic E-state index is 12.1. The smallest absolute Gasteiger partial charge is 0.265 e. The molecular formula is C17H19NO3. The maximum absolute atomic E-state index is 12.1. The summed E-state index contributed by atoms with van der Waals surface area (Å²) >= 11 is 0. The van der Waals surface area contributed by atoms with E-state index in [0.29, 0.717) is 11.4 Å². The van der Waals surface area contributed by atoms with Gasteiger partial charge in [-0.1, -0.05) is 18.2 Å². The molecule has 0 fully saturated rings. The Balaban J connectivity index is 2.02. The van der Waals surface area contributed by atoms with E-state index in [2.05, 4.69) is 5.32 Å². The normalized spacial score (nSPS) is 11.8. The zero-order valence-electron chi connectivity index (χ0n) is 12.4. The van der Waals surface area contributed by atoms with Crippen LogP contribution in [0.5, 0.6) is 11.5 Å². The first-order chi connectivity index (χ1) is 9.95. The van der Waals surface area contributed by atoms with E-state index in [1.807, 2.05) is 38.1 Å². The lowest BCUT2D eigenvalue weighted by Crippen LogP contribution is -2.30. The predicted octanol–water partition coefficient (Wildman–Crippen LogP) is 3.42. The van der Waals surface area contributed by atoms with Gasteiger partial charge in [-0.15, -0.1) is 0 Å². The highest BCUT2D eigenvalue weighted by atomic mass is 16.5. The van der Waals surface area contributed by atoms with E-state index in [0.717, 1.165) is 11.1 Å². The lowest BCUT2D eigenvalue weighted by atomic mass is 10.2. The summed E-state index contributed by atoms with van der Waals surface area (Å²) in [7, 11) is 0. The molecule has 4 nitrogen and oxygen atoms in total. The fourth-order valence-corrected chi connectivity index (χ4v) is 1.93. The molecule has 0 saturated carbocycles. The van der Waals surface area contributed by atoms with Crippen molar-refractivity contribution >= 4 is 11.6 Å². The van der Waals surface area contributed by atoms with Crippen molar-refractivity contribution in [3.05, 3.63) is 53.6 Å². The second-order valence-corrected chi connectivity index (χ2v) is 5.09. The number of hydrogen-bond acceptors (Lipinski definition) is 3. The molecule has 0 radical (unpaired) electrons. The second-order valence-electron chi connectivity index (χ2n) is 5.09.